The van der Waals surface area contributed by atoms with Crippen molar-refractivity contribution in [1.82, 2.24) is 5.32 Å². The monoisotopic (exact) mass is 281 g/mol. The van der Waals surface area contributed by atoms with Crippen LogP contribution in [0.15, 0.2) is 30.3 Å². The Labute approximate surface area is 119 Å². The number of likely N-dealkylation sites (N-methyl/N-ethyl adjacent to an activating group) is 1. The van der Waals surface area contributed by atoms with Crippen LogP contribution in [0.1, 0.15) is 19.4 Å². The number of carboxylic acid groups (broad SMARTS) is 1. The molecular weight excluding hydrogens is 258 g/mol. The minimum Gasteiger partial charge on any atom is -0.480 e. The van der Waals surface area contributed by atoms with Gasteiger partial charge in [0.1, 0.15) is 0 Å². The lowest BCUT2D eigenvalue weighted by Gasteiger charge is -2.30. The second-order valence-electron chi connectivity index (χ2n) is 4.61. The molecule has 0 amide bonds. The van der Waals surface area contributed by atoms with E-state index in [1.165, 1.54) is 0 Å². The average Bonchev–Trinajstić information content (AvgIpc) is 2.47. The fourth-order valence-electron chi connectivity index (χ4n) is 1.91. The van der Waals surface area contributed by atoms with Crippen molar-refractivity contribution in [2.45, 2.75) is 25.5 Å². The molecule has 0 aliphatic heterocycles. The summed E-state index contributed by atoms with van der Waals surface area (Å²) >= 11 is 0. The minimum atomic E-state index is -1.25. The molecule has 2 unspecified atom stereocenters. The van der Waals surface area contributed by atoms with E-state index in [0.717, 1.165) is 0 Å². The van der Waals surface area contributed by atoms with Gasteiger partial charge in [0.15, 0.2) is 5.54 Å². The Bertz CT molecular complexity index is 410. The van der Waals surface area contributed by atoms with Crippen molar-refractivity contribution < 1.29 is 19.4 Å². The van der Waals surface area contributed by atoms with Crippen LogP contribution in [-0.4, -0.2) is 44.0 Å². The van der Waals surface area contributed by atoms with Gasteiger partial charge in [0.25, 0.3) is 0 Å². The maximum absolute atomic E-state index is 11.7. The number of aliphatic carboxylic acids is 1. The summed E-state index contributed by atoms with van der Waals surface area (Å²) in [6.07, 6.45) is -0.161. The first kappa shape index (κ1) is 16.6. The minimum absolute atomic E-state index is 0.0388. The van der Waals surface area contributed by atoms with E-state index in [2.05, 4.69) is 5.32 Å². The number of ether oxygens (including phenoxy) is 2. The van der Waals surface area contributed by atoms with Crippen molar-refractivity contribution in [3.8, 4) is 0 Å². The van der Waals surface area contributed by atoms with E-state index in [-0.39, 0.29) is 12.7 Å². The summed E-state index contributed by atoms with van der Waals surface area (Å²) < 4.78 is 10.9. The summed E-state index contributed by atoms with van der Waals surface area (Å²) in [5.74, 6) is -0.963. The van der Waals surface area contributed by atoms with Crippen molar-refractivity contribution in [3.63, 3.8) is 0 Å². The molecule has 0 fully saturated rings. The van der Waals surface area contributed by atoms with Gasteiger partial charge in [0.05, 0.1) is 19.3 Å². The SMILES string of the molecule is CCOCC(C)OCC(NC)(C(=O)O)c1ccccc1. The fourth-order valence-corrected chi connectivity index (χ4v) is 1.91. The second-order valence-corrected chi connectivity index (χ2v) is 4.61. The molecule has 1 rings (SSSR count). The van der Waals surface area contributed by atoms with E-state index in [4.69, 9.17) is 9.47 Å². The molecular formula is C15H23NO4. The van der Waals surface area contributed by atoms with Crippen LogP contribution in [-0.2, 0) is 19.8 Å². The van der Waals surface area contributed by atoms with Crippen LogP contribution in [0.5, 0.6) is 0 Å². The molecule has 2 atom stereocenters. The Morgan fingerprint density at radius 3 is 2.55 bits per heavy atom. The Morgan fingerprint density at radius 2 is 2.05 bits per heavy atom. The van der Waals surface area contributed by atoms with Crippen LogP contribution in [0, 0.1) is 0 Å². The largest absolute Gasteiger partial charge is 0.480 e. The summed E-state index contributed by atoms with van der Waals surface area (Å²) in [7, 11) is 1.62. The van der Waals surface area contributed by atoms with Crippen molar-refractivity contribution in [1.29, 1.82) is 0 Å². The van der Waals surface area contributed by atoms with Crippen LogP contribution in [0.25, 0.3) is 0 Å². The quantitative estimate of drug-likeness (QED) is 0.720. The van der Waals surface area contributed by atoms with Crippen molar-refractivity contribution in [3.05, 3.63) is 35.9 Å². The molecule has 0 aliphatic carbocycles. The number of carboxylic acids is 1. The number of hydrogen-bond acceptors (Lipinski definition) is 4. The lowest BCUT2D eigenvalue weighted by molar-refractivity contribution is -0.150. The molecule has 0 bridgehead atoms. The summed E-state index contributed by atoms with van der Waals surface area (Å²) in [6, 6.07) is 9.04. The fraction of sp³-hybridized carbons (Fsp3) is 0.533. The van der Waals surface area contributed by atoms with Gasteiger partial charge in [0, 0.05) is 6.61 Å². The predicted molar refractivity (Wildman–Crippen MR) is 76.7 cm³/mol. The Kier molecular flexibility index (Phi) is 6.64. The smallest absolute Gasteiger partial charge is 0.330 e. The van der Waals surface area contributed by atoms with Crippen LogP contribution < -0.4 is 5.32 Å². The zero-order valence-electron chi connectivity index (χ0n) is 12.3. The number of benzene rings is 1. The van der Waals surface area contributed by atoms with Gasteiger partial charge in [-0.25, -0.2) is 4.79 Å². The molecule has 112 valence electrons. The van der Waals surface area contributed by atoms with Crippen LogP contribution >= 0.6 is 0 Å². The molecule has 0 radical (unpaired) electrons. The molecule has 0 aliphatic rings. The Morgan fingerprint density at radius 1 is 1.40 bits per heavy atom. The highest BCUT2D eigenvalue weighted by Crippen LogP contribution is 2.22. The summed E-state index contributed by atoms with van der Waals surface area (Å²) in [5, 5.41) is 12.5. The van der Waals surface area contributed by atoms with Crippen LogP contribution in [0.2, 0.25) is 0 Å². The highest BCUT2D eigenvalue weighted by molar-refractivity contribution is 5.81. The molecule has 1 aromatic rings. The van der Waals surface area contributed by atoms with E-state index < -0.39 is 11.5 Å². The highest BCUT2D eigenvalue weighted by atomic mass is 16.5. The van der Waals surface area contributed by atoms with Crippen molar-refractivity contribution in [2.75, 3.05) is 26.9 Å². The number of hydrogen-bond donors (Lipinski definition) is 2. The molecule has 0 heterocycles. The molecule has 2 N–H and O–H groups in total. The predicted octanol–water partition coefficient (Wildman–Crippen LogP) is 1.63. The molecule has 0 saturated heterocycles. The lowest BCUT2D eigenvalue weighted by Crippen LogP contribution is -2.51. The van der Waals surface area contributed by atoms with Crippen LogP contribution in [0.4, 0.5) is 0 Å². The highest BCUT2D eigenvalue weighted by Gasteiger charge is 2.39. The van der Waals surface area contributed by atoms with Gasteiger partial charge in [0.2, 0.25) is 0 Å². The topological polar surface area (TPSA) is 67.8 Å². The van der Waals surface area contributed by atoms with Gasteiger partial charge in [-0.15, -0.1) is 0 Å². The first-order valence-corrected chi connectivity index (χ1v) is 6.74. The Hall–Kier alpha value is -1.43. The van der Waals surface area contributed by atoms with E-state index in [1.54, 1.807) is 19.2 Å². The second kappa shape index (κ2) is 7.99. The first-order valence-electron chi connectivity index (χ1n) is 6.74. The third-order valence-corrected chi connectivity index (χ3v) is 3.20. The number of carbonyl (C=O) groups is 1. The van der Waals surface area contributed by atoms with Gasteiger partial charge in [-0.1, -0.05) is 30.3 Å². The zero-order chi connectivity index (χ0) is 15.0. The van der Waals surface area contributed by atoms with Gasteiger partial charge < -0.3 is 14.6 Å². The summed E-state index contributed by atoms with van der Waals surface area (Å²) in [4.78, 5) is 11.7. The third kappa shape index (κ3) is 4.03. The zero-order valence-corrected chi connectivity index (χ0v) is 12.3. The third-order valence-electron chi connectivity index (χ3n) is 3.20. The van der Waals surface area contributed by atoms with Crippen molar-refractivity contribution in [2.24, 2.45) is 0 Å². The molecule has 0 aromatic heterocycles. The molecule has 0 saturated carbocycles. The normalized spacial score (nSPS) is 15.6. The van der Waals surface area contributed by atoms with E-state index >= 15 is 0 Å². The Balaban J connectivity index is 2.83. The molecule has 1 aromatic carbocycles. The number of rotatable bonds is 9. The molecule has 20 heavy (non-hydrogen) atoms. The summed E-state index contributed by atoms with van der Waals surface area (Å²) in [5.41, 5.74) is -0.583. The van der Waals surface area contributed by atoms with Gasteiger partial charge >= 0.3 is 5.97 Å². The maximum atomic E-state index is 11.7. The van der Waals surface area contributed by atoms with Gasteiger partial charge in [-0.2, -0.15) is 0 Å². The first-order chi connectivity index (χ1) is 9.56. The average molecular weight is 281 g/mol. The van der Waals surface area contributed by atoms with E-state index in [0.29, 0.717) is 18.8 Å². The standard InChI is InChI=1S/C15H23NO4/c1-4-19-10-12(2)20-11-15(16-3,14(17)18)13-8-6-5-7-9-13/h5-9,12,16H,4,10-11H2,1-3H3,(H,17,18). The lowest BCUT2D eigenvalue weighted by atomic mass is 9.91. The molecule has 5 heteroatoms. The van der Waals surface area contributed by atoms with Gasteiger partial charge in [-0.05, 0) is 26.5 Å². The van der Waals surface area contributed by atoms with Crippen molar-refractivity contribution >= 4 is 5.97 Å². The van der Waals surface area contributed by atoms with Crippen LogP contribution in [0.3, 0.4) is 0 Å². The number of nitrogens with one attached hydrogen (secondary N) is 1. The van der Waals surface area contributed by atoms with E-state index in [1.807, 2.05) is 32.0 Å². The molecule has 5 nitrogen and oxygen atoms in total. The molecule has 0 spiro atoms. The van der Waals surface area contributed by atoms with Gasteiger partial charge in [-0.3, -0.25) is 5.32 Å². The maximum Gasteiger partial charge on any atom is 0.330 e. The summed E-state index contributed by atoms with van der Waals surface area (Å²) in [6.45, 7) is 4.87. The van der Waals surface area contributed by atoms with E-state index in [9.17, 15) is 9.90 Å².